The van der Waals surface area contributed by atoms with Crippen molar-refractivity contribution in [2.24, 2.45) is 5.10 Å². The lowest BCUT2D eigenvalue weighted by atomic mass is 10.1. The van der Waals surface area contributed by atoms with Crippen LogP contribution in [0, 0.1) is 0 Å². The minimum atomic E-state index is -0.299. The number of nitrogens with zero attached hydrogens (tertiary/aromatic N) is 2. The molecule has 2 rings (SSSR count). The van der Waals surface area contributed by atoms with Crippen LogP contribution in [0.5, 0.6) is 0 Å². The quantitative estimate of drug-likeness (QED) is 0.696. The standard InChI is InChI=1S/C14H11Cl2N3O/c1-9(11-2-3-12(15)13(16)8-11)18-19-14(20)10-4-6-17-7-5-10/h2-8H,1H3,(H,19,20)/b18-9-. The molecule has 0 spiro atoms. The van der Waals surface area contributed by atoms with Gasteiger partial charge in [0.25, 0.3) is 5.91 Å². The average molecular weight is 308 g/mol. The van der Waals surface area contributed by atoms with Gasteiger partial charge in [0.05, 0.1) is 15.8 Å². The molecule has 1 aromatic heterocycles. The highest BCUT2D eigenvalue weighted by Gasteiger charge is 2.05. The number of benzene rings is 1. The summed E-state index contributed by atoms with van der Waals surface area (Å²) < 4.78 is 0. The van der Waals surface area contributed by atoms with E-state index in [0.29, 0.717) is 21.3 Å². The number of hydrogen-bond donors (Lipinski definition) is 1. The maximum absolute atomic E-state index is 11.8. The first kappa shape index (κ1) is 14.5. The van der Waals surface area contributed by atoms with Crippen LogP contribution in [0.2, 0.25) is 10.0 Å². The summed E-state index contributed by atoms with van der Waals surface area (Å²) in [6, 6.07) is 8.38. The summed E-state index contributed by atoms with van der Waals surface area (Å²) >= 11 is 11.8. The summed E-state index contributed by atoms with van der Waals surface area (Å²) in [5.41, 5.74) is 4.38. The lowest BCUT2D eigenvalue weighted by Gasteiger charge is -2.04. The summed E-state index contributed by atoms with van der Waals surface area (Å²) in [4.78, 5) is 15.7. The van der Waals surface area contributed by atoms with E-state index in [-0.39, 0.29) is 5.91 Å². The Morgan fingerprint density at radius 3 is 2.45 bits per heavy atom. The molecule has 0 fully saturated rings. The predicted molar refractivity (Wildman–Crippen MR) is 80.4 cm³/mol. The normalized spacial score (nSPS) is 11.2. The van der Waals surface area contributed by atoms with E-state index in [4.69, 9.17) is 23.2 Å². The van der Waals surface area contributed by atoms with Crippen LogP contribution in [0.15, 0.2) is 47.8 Å². The number of halogens is 2. The Hall–Kier alpha value is -1.91. The van der Waals surface area contributed by atoms with Crippen LogP contribution in [-0.2, 0) is 0 Å². The van der Waals surface area contributed by atoms with Crippen molar-refractivity contribution in [1.29, 1.82) is 0 Å². The van der Waals surface area contributed by atoms with Gasteiger partial charge in [-0.3, -0.25) is 9.78 Å². The van der Waals surface area contributed by atoms with Crippen molar-refractivity contribution >= 4 is 34.8 Å². The van der Waals surface area contributed by atoms with Gasteiger partial charge in [-0.15, -0.1) is 0 Å². The minimum absolute atomic E-state index is 0.299. The number of nitrogens with one attached hydrogen (secondary N) is 1. The number of aromatic nitrogens is 1. The first-order valence-electron chi connectivity index (χ1n) is 5.78. The number of hydrogen-bond acceptors (Lipinski definition) is 3. The fourth-order valence-electron chi connectivity index (χ4n) is 1.49. The molecule has 2 aromatic rings. The van der Waals surface area contributed by atoms with E-state index in [1.807, 2.05) is 0 Å². The third-order valence-corrected chi connectivity index (χ3v) is 3.34. The monoisotopic (exact) mass is 307 g/mol. The lowest BCUT2D eigenvalue weighted by molar-refractivity contribution is 0.0954. The smallest absolute Gasteiger partial charge is 0.267 e. The van der Waals surface area contributed by atoms with E-state index in [9.17, 15) is 4.79 Å². The Labute approximate surface area is 126 Å². The van der Waals surface area contributed by atoms with E-state index in [1.54, 1.807) is 49.6 Å². The van der Waals surface area contributed by atoms with Crippen LogP contribution in [0.4, 0.5) is 0 Å². The molecule has 0 unspecified atom stereocenters. The van der Waals surface area contributed by atoms with Crippen LogP contribution in [-0.4, -0.2) is 16.6 Å². The number of amides is 1. The molecular formula is C14H11Cl2N3O. The van der Waals surface area contributed by atoms with Gasteiger partial charge in [-0.05, 0) is 36.8 Å². The summed E-state index contributed by atoms with van der Waals surface area (Å²) in [5, 5.41) is 4.96. The highest BCUT2D eigenvalue weighted by molar-refractivity contribution is 6.42. The molecule has 0 aliphatic carbocycles. The molecule has 0 aliphatic heterocycles. The minimum Gasteiger partial charge on any atom is -0.267 e. The summed E-state index contributed by atoms with van der Waals surface area (Å²) in [7, 11) is 0. The third-order valence-electron chi connectivity index (χ3n) is 2.61. The van der Waals surface area contributed by atoms with E-state index < -0.39 is 0 Å². The van der Waals surface area contributed by atoms with E-state index in [0.717, 1.165) is 5.56 Å². The number of rotatable bonds is 3. The summed E-state index contributed by atoms with van der Waals surface area (Å²) in [5.74, 6) is -0.299. The fraction of sp³-hybridized carbons (Fsp3) is 0.0714. The van der Waals surface area contributed by atoms with Gasteiger partial charge in [-0.2, -0.15) is 5.10 Å². The topological polar surface area (TPSA) is 54.4 Å². The zero-order chi connectivity index (χ0) is 14.5. The second-order valence-corrected chi connectivity index (χ2v) is 4.82. The van der Waals surface area contributed by atoms with Crippen LogP contribution in [0.3, 0.4) is 0 Å². The predicted octanol–water partition coefficient (Wildman–Crippen LogP) is 3.54. The van der Waals surface area contributed by atoms with E-state index in [1.165, 1.54) is 0 Å². The fourth-order valence-corrected chi connectivity index (χ4v) is 1.79. The lowest BCUT2D eigenvalue weighted by Crippen LogP contribution is -2.19. The maximum atomic E-state index is 11.8. The summed E-state index contributed by atoms with van der Waals surface area (Å²) in [6.45, 7) is 1.77. The van der Waals surface area contributed by atoms with Gasteiger partial charge in [0.15, 0.2) is 0 Å². The highest BCUT2D eigenvalue weighted by atomic mass is 35.5. The van der Waals surface area contributed by atoms with Crippen molar-refractivity contribution in [2.45, 2.75) is 6.92 Å². The van der Waals surface area contributed by atoms with Gasteiger partial charge in [0.1, 0.15) is 0 Å². The third kappa shape index (κ3) is 3.56. The molecule has 0 saturated carbocycles. The van der Waals surface area contributed by atoms with Gasteiger partial charge >= 0.3 is 0 Å². The van der Waals surface area contributed by atoms with Crippen molar-refractivity contribution in [1.82, 2.24) is 10.4 Å². The van der Waals surface area contributed by atoms with Crippen LogP contribution in [0.25, 0.3) is 0 Å². The van der Waals surface area contributed by atoms with Crippen LogP contribution < -0.4 is 5.43 Å². The Kier molecular flexibility index (Phi) is 4.71. The van der Waals surface area contributed by atoms with Gasteiger partial charge < -0.3 is 0 Å². The molecule has 0 aliphatic rings. The number of carbonyl (C=O) groups excluding carboxylic acids is 1. The highest BCUT2D eigenvalue weighted by Crippen LogP contribution is 2.22. The second kappa shape index (κ2) is 6.50. The van der Waals surface area contributed by atoms with E-state index in [2.05, 4.69) is 15.5 Å². The SMILES string of the molecule is C/C(=N/NC(=O)c1ccncc1)c1ccc(Cl)c(Cl)c1. The Morgan fingerprint density at radius 1 is 1.10 bits per heavy atom. The Balaban J connectivity index is 2.11. The Morgan fingerprint density at radius 2 is 1.80 bits per heavy atom. The van der Waals surface area contributed by atoms with Crippen molar-refractivity contribution in [2.75, 3.05) is 0 Å². The van der Waals surface area contributed by atoms with Crippen molar-refractivity contribution in [3.63, 3.8) is 0 Å². The average Bonchev–Trinajstić information content (AvgIpc) is 2.48. The molecule has 0 atom stereocenters. The molecular weight excluding hydrogens is 297 g/mol. The molecule has 1 amide bonds. The second-order valence-electron chi connectivity index (χ2n) is 4.00. The molecule has 102 valence electrons. The molecule has 6 heteroatoms. The van der Waals surface area contributed by atoms with Gasteiger partial charge in [-0.25, -0.2) is 5.43 Å². The first-order chi connectivity index (χ1) is 9.58. The largest absolute Gasteiger partial charge is 0.271 e. The number of pyridine rings is 1. The van der Waals surface area contributed by atoms with Gasteiger partial charge in [-0.1, -0.05) is 29.3 Å². The van der Waals surface area contributed by atoms with Gasteiger partial charge in [0.2, 0.25) is 0 Å². The zero-order valence-corrected chi connectivity index (χ0v) is 12.1. The number of hydrazone groups is 1. The van der Waals surface area contributed by atoms with E-state index >= 15 is 0 Å². The molecule has 1 heterocycles. The number of carbonyl (C=O) groups is 1. The molecule has 4 nitrogen and oxygen atoms in total. The van der Waals surface area contributed by atoms with Crippen molar-refractivity contribution < 1.29 is 4.79 Å². The summed E-state index contributed by atoms with van der Waals surface area (Å²) in [6.07, 6.45) is 3.09. The zero-order valence-electron chi connectivity index (χ0n) is 10.6. The van der Waals surface area contributed by atoms with Crippen molar-refractivity contribution in [3.8, 4) is 0 Å². The van der Waals surface area contributed by atoms with Crippen LogP contribution >= 0.6 is 23.2 Å². The first-order valence-corrected chi connectivity index (χ1v) is 6.53. The Bertz CT molecular complexity index is 657. The molecule has 0 bridgehead atoms. The molecule has 1 aromatic carbocycles. The molecule has 0 saturated heterocycles. The molecule has 1 N–H and O–H groups in total. The van der Waals surface area contributed by atoms with Gasteiger partial charge in [0, 0.05) is 18.0 Å². The molecule has 20 heavy (non-hydrogen) atoms. The van der Waals surface area contributed by atoms with Crippen molar-refractivity contribution in [3.05, 3.63) is 63.9 Å². The van der Waals surface area contributed by atoms with Crippen LogP contribution in [0.1, 0.15) is 22.8 Å². The maximum Gasteiger partial charge on any atom is 0.271 e. The molecule has 0 radical (unpaired) electrons.